The highest BCUT2D eigenvalue weighted by Gasteiger charge is 2.34. The first kappa shape index (κ1) is 16.8. The molecule has 1 amide bonds. The third-order valence-corrected chi connectivity index (χ3v) is 2.90. The van der Waals surface area contributed by atoms with Crippen LogP contribution in [0.3, 0.4) is 0 Å². The van der Waals surface area contributed by atoms with Gasteiger partial charge in [0.25, 0.3) is 5.91 Å². The smallest absolute Gasteiger partial charge is 0.404 e. The standard InChI is InChI=1S/C12H13BrF3NO3/c1-11(2,6-18)17-10(19)7-4-3-5-8(13)9(7)20-12(14,15)16/h3-5,18H,6H2,1-2H3,(H,17,19). The molecule has 0 aromatic heterocycles. The summed E-state index contributed by atoms with van der Waals surface area (Å²) in [6, 6.07) is 3.94. The fourth-order valence-corrected chi connectivity index (χ4v) is 1.77. The molecule has 0 spiro atoms. The summed E-state index contributed by atoms with van der Waals surface area (Å²) in [5.74, 6) is -1.39. The number of amides is 1. The molecular weight excluding hydrogens is 343 g/mol. The van der Waals surface area contributed by atoms with Gasteiger partial charge in [-0.2, -0.15) is 0 Å². The van der Waals surface area contributed by atoms with Gasteiger partial charge in [-0.25, -0.2) is 0 Å². The van der Waals surface area contributed by atoms with E-state index in [1.807, 2.05) is 0 Å². The fraction of sp³-hybridized carbons (Fsp3) is 0.417. The summed E-state index contributed by atoms with van der Waals surface area (Å²) < 4.78 is 40.9. The van der Waals surface area contributed by atoms with Crippen molar-refractivity contribution in [1.82, 2.24) is 5.32 Å². The number of alkyl halides is 3. The van der Waals surface area contributed by atoms with Crippen LogP contribution in [0.25, 0.3) is 0 Å². The maximum absolute atomic E-state index is 12.4. The Bertz CT molecular complexity index is 503. The van der Waals surface area contributed by atoms with Gasteiger partial charge in [0, 0.05) is 0 Å². The summed E-state index contributed by atoms with van der Waals surface area (Å²) >= 11 is 2.91. The number of ether oxygens (including phenoxy) is 1. The number of halogens is 4. The van der Waals surface area contributed by atoms with E-state index in [4.69, 9.17) is 5.11 Å². The van der Waals surface area contributed by atoms with Gasteiger partial charge in [-0.1, -0.05) is 6.07 Å². The number of aliphatic hydroxyl groups is 1. The molecular formula is C12H13BrF3NO3. The zero-order valence-corrected chi connectivity index (χ0v) is 12.3. The molecule has 0 saturated heterocycles. The Morgan fingerprint density at radius 2 is 2.00 bits per heavy atom. The molecule has 0 aliphatic rings. The van der Waals surface area contributed by atoms with Crippen LogP contribution < -0.4 is 10.1 Å². The maximum Gasteiger partial charge on any atom is 0.573 e. The first-order valence-corrected chi connectivity index (χ1v) is 6.33. The van der Waals surface area contributed by atoms with Crippen molar-refractivity contribution in [2.75, 3.05) is 6.61 Å². The topological polar surface area (TPSA) is 58.6 Å². The van der Waals surface area contributed by atoms with Crippen LogP contribution in [-0.4, -0.2) is 29.5 Å². The molecule has 1 aromatic carbocycles. The minimum absolute atomic E-state index is 0.00396. The number of aliphatic hydroxyl groups excluding tert-OH is 1. The second-order valence-electron chi connectivity index (χ2n) is 4.66. The van der Waals surface area contributed by atoms with Gasteiger partial charge in [0.2, 0.25) is 0 Å². The molecule has 0 atom stereocenters. The van der Waals surface area contributed by atoms with Gasteiger partial charge in [0.15, 0.2) is 5.75 Å². The number of hydrogen-bond acceptors (Lipinski definition) is 3. The largest absolute Gasteiger partial charge is 0.573 e. The molecule has 0 unspecified atom stereocenters. The normalized spacial score (nSPS) is 12.2. The molecule has 0 saturated carbocycles. The molecule has 8 heteroatoms. The molecule has 0 aliphatic carbocycles. The Balaban J connectivity index is 3.12. The zero-order valence-electron chi connectivity index (χ0n) is 10.7. The lowest BCUT2D eigenvalue weighted by molar-refractivity contribution is -0.275. The molecule has 2 N–H and O–H groups in total. The Kier molecular flexibility index (Phi) is 5.04. The molecule has 0 fully saturated rings. The van der Waals surface area contributed by atoms with Crippen LogP contribution in [0.1, 0.15) is 24.2 Å². The van der Waals surface area contributed by atoms with E-state index in [1.165, 1.54) is 32.0 Å². The lowest BCUT2D eigenvalue weighted by Crippen LogP contribution is -2.46. The highest BCUT2D eigenvalue weighted by atomic mass is 79.9. The quantitative estimate of drug-likeness (QED) is 0.872. The molecule has 112 valence electrons. The summed E-state index contributed by atoms with van der Waals surface area (Å²) in [7, 11) is 0. The first-order chi connectivity index (χ1) is 9.06. The molecule has 0 radical (unpaired) electrons. The molecule has 20 heavy (non-hydrogen) atoms. The molecule has 1 aromatic rings. The van der Waals surface area contributed by atoms with Crippen LogP contribution in [0.5, 0.6) is 5.75 Å². The number of para-hydroxylation sites is 1. The van der Waals surface area contributed by atoms with E-state index < -0.39 is 23.6 Å². The van der Waals surface area contributed by atoms with E-state index in [0.717, 1.165) is 0 Å². The van der Waals surface area contributed by atoms with Crippen LogP contribution in [0.4, 0.5) is 13.2 Å². The molecule has 0 heterocycles. The summed E-state index contributed by atoms with van der Waals surface area (Å²) in [6.45, 7) is 2.71. The average molecular weight is 356 g/mol. The van der Waals surface area contributed by atoms with Gasteiger partial charge in [0.05, 0.1) is 22.2 Å². The van der Waals surface area contributed by atoms with Crippen molar-refractivity contribution in [2.45, 2.75) is 25.7 Å². The van der Waals surface area contributed by atoms with E-state index in [1.54, 1.807) is 0 Å². The highest BCUT2D eigenvalue weighted by molar-refractivity contribution is 9.10. The summed E-state index contributed by atoms with van der Waals surface area (Å²) in [6.07, 6.45) is -4.91. The van der Waals surface area contributed by atoms with E-state index in [-0.39, 0.29) is 16.6 Å². The fourth-order valence-electron chi connectivity index (χ4n) is 1.32. The Morgan fingerprint density at radius 1 is 1.40 bits per heavy atom. The second-order valence-corrected chi connectivity index (χ2v) is 5.51. The van der Waals surface area contributed by atoms with E-state index in [2.05, 4.69) is 26.0 Å². The third kappa shape index (κ3) is 4.68. The number of carbonyl (C=O) groups is 1. The van der Waals surface area contributed by atoms with Crippen molar-refractivity contribution in [1.29, 1.82) is 0 Å². The molecule has 4 nitrogen and oxygen atoms in total. The van der Waals surface area contributed by atoms with Gasteiger partial charge in [0.1, 0.15) is 0 Å². The number of carbonyl (C=O) groups excluding carboxylic acids is 1. The predicted octanol–water partition coefficient (Wildman–Crippen LogP) is 2.85. The third-order valence-electron chi connectivity index (χ3n) is 2.28. The number of rotatable bonds is 4. The highest BCUT2D eigenvalue weighted by Crippen LogP contribution is 2.33. The van der Waals surface area contributed by atoms with Crippen molar-refractivity contribution in [2.24, 2.45) is 0 Å². The van der Waals surface area contributed by atoms with E-state index >= 15 is 0 Å². The van der Waals surface area contributed by atoms with Gasteiger partial charge in [-0.3, -0.25) is 4.79 Å². The lowest BCUT2D eigenvalue weighted by atomic mass is 10.1. The van der Waals surface area contributed by atoms with Crippen LogP contribution in [0.2, 0.25) is 0 Å². The minimum atomic E-state index is -4.91. The monoisotopic (exact) mass is 355 g/mol. The van der Waals surface area contributed by atoms with E-state index in [9.17, 15) is 18.0 Å². The van der Waals surface area contributed by atoms with Crippen LogP contribution in [0, 0.1) is 0 Å². The van der Waals surface area contributed by atoms with Gasteiger partial charge < -0.3 is 15.2 Å². The second kappa shape index (κ2) is 6.01. The van der Waals surface area contributed by atoms with Crippen LogP contribution in [0.15, 0.2) is 22.7 Å². The van der Waals surface area contributed by atoms with E-state index in [0.29, 0.717) is 0 Å². The lowest BCUT2D eigenvalue weighted by Gasteiger charge is -2.24. The summed E-state index contributed by atoms with van der Waals surface area (Å²) in [5.41, 5.74) is -1.24. The molecule has 0 aliphatic heterocycles. The summed E-state index contributed by atoms with van der Waals surface area (Å²) in [4.78, 5) is 12.0. The van der Waals surface area contributed by atoms with Gasteiger partial charge in [-0.15, -0.1) is 13.2 Å². The zero-order chi connectivity index (χ0) is 15.6. The van der Waals surface area contributed by atoms with Crippen molar-refractivity contribution in [3.8, 4) is 5.75 Å². The van der Waals surface area contributed by atoms with Crippen molar-refractivity contribution < 1.29 is 27.8 Å². The van der Waals surface area contributed by atoms with Gasteiger partial charge >= 0.3 is 6.36 Å². The number of benzene rings is 1. The van der Waals surface area contributed by atoms with Crippen molar-refractivity contribution in [3.63, 3.8) is 0 Å². The molecule has 1 rings (SSSR count). The number of hydrogen-bond donors (Lipinski definition) is 2. The van der Waals surface area contributed by atoms with Crippen LogP contribution >= 0.6 is 15.9 Å². The maximum atomic E-state index is 12.4. The molecule has 0 bridgehead atoms. The Hall–Kier alpha value is -1.28. The Labute approximate surface area is 122 Å². The Morgan fingerprint density at radius 3 is 2.50 bits per heavy atom. The predicted molar refractivity (Wildman–Crippen MR) is 69.5 cm³/mol. The van der Waals surface area contributed by atoms with Gasteiger partial charge in [-0.05, 0) is 41.9 Å². The number of nitrogens with one attached hydrogen (secondary N) is 1. The van der Waals surface area contributed by atoms with Crippen molar-refractivity contribution in [3.05, 3.63) is 28.2 Å². The average Bonchev–Trinajstić information content (AvgIpc) is 2.29. The van der Waals surface area contributed by atoms with Crippen molar-refractivity contribution >= 4 is 21.8 Å². The first-order valence-electron chi connectivity index (χ1n) is 5.53. The minimum Gasteiger partial charge on any atom is -0.404 e. The van der Waals surface area contributed by atoms with Crippen LogP contribution in [-0.2, 0) is 0 Å². The SMILES string of the molecule is CC(C)(CO)NC(=O)c1cccc(Br)c1OC(F)(F)F. The summed E-state index contributed by atoms with van der Waals surface area (Å²) in [5, 5.41) is 11.5.